The first-order valence-corrected chi connectivity index (χ1v) is 11.7. The Morgan fingerprint density at radius 2 is 1.87 bits per heavy atom. The van der Waals surface area contributed by atoms with Crippen LogP contribution in [-0.2, 0) is 14.8 Å². The number of piperazine rings is 1. The van der Waals surface area contributed by atoms with Crippen LogP contribution in [0.25, 0.3) is 11.0 Å². The van der Waals surface area contributed by atoms with E-state index in [1.54, 1.807) is 22.3 Å². The molecule has 7 nitrogen and oxygen atoms in total. The van der Waals surface area contributed by atoms with E-state index in [0.717, 1.165) is 27.3 Å². The first-order valence-electron chi connectivity index (χ1n) is 9.44. The molecular weight excluding hydrogens is 427 g/mol. The number of hydrogen-bond donors (Lipinski definition) is 0. The Morgan fingerprint density at radius 1 is 1.17 bits per heavy atom. The summed E-state index contributed by atoms with van der Waals surface area (Å²) in [4.78, 5) is 20.4. The number of sulfonamides is 1. The van der Waals surface area contributed by atoms with Gasteiger partial charge in [-0.1, -0.05) is 12.1 Å². The maximum Gasteiger partial charge on any atom is 0.246 e. The zero-order chi connectivity index (χ0) is 21.5. The lowest BCUT2D eigenvalue weighted by Crippen LogP contribution is -2.50. The minimum absolute atomic E-state index is 0.121. The molecule has 1 saturated heterocycles. The minimum atomic E-state index is -3.93. The van der Waals surface area contributed by atoms with Crippen LogP contribution in [0.1, 0.15) is 16.3 Å². The largest absolute Gasteiger partial charge is 0.337 e. The van der Waals surface area contributed by atoms with E-state index in [9.17, 15) is 17.6 Å². The molecular formula is C20H21FN4O3S2. The fourth-order valence-electron chi connectivity index (χ4n) is 3.48. The molecule has 0 unspecified atom stereocenters. The molecule has 0 atom stereocenters. The molecule has 158 valence electrons. The standard InChI is InChI=1S/C20H21FN4O3S2/c1-14-13-25-17(15(2)22-20(25)29-14)7-8-19(26)23-9-11-24(12-10-23)30(27,28)18-6-4-3-5-16(18)21/h3-8,13H,9-12H2,1-2H3/b8-7+. The Bertz CT molecular complexity index is 1240. The van der Waals surface area contributed by atoms with Crippen molar-refractivity contribution < 1.29 is 17.6 Å². The molecule has 0 spiro atoms. The van der Waals surface area contributed by atoms with Gasteiger partial charge in [0, 0.05) is 43.3 Å². The van der Waals surface area contributed by atoms with Crippen LogP contribution >= 0.6 is 11.3 Å². The molecule has 3 aromatic rings. The molecule has 0 saturated carbocycles. The molecule has 2 aromatic heterocycles. The summed E-state index contributed by atoms with van der Waals surface area (Å²) in [5.74, 6) is -0.968. The van der Waals surface area contributed by atoms with Crippen molar-refractivity contribution in [1.82, 2.24) is 18.6 Å². The molecule has 3 heterocycles. The Hall–Kier alpha value is -2.56. The van der Waals surface area contributed by atoms with Crippen LogP contribution < -0.4 is 0 Å². The van der Waals surface area contributed by atoms with Gasteiger partial charge in [0.05, 0.1) is 11.4 Å². The van der Waals surface area contributed by atoms with Gasteiger partial charge >= 0.3 is 0 Å². The van der Waals surface area contributed by atoms with E-state index < -0.39 is 15.8 Å². The predicted octanol–water partition coefficient (Wildman–Crippen LogP) is 2.70. The van der Waals surface area contributed by atoms with Crippen molar-refractivity contribution >= 4 is 38.3 Å². The Labute approximate surface area is 178 Å². The zero-order valence-electron chi connectivity index (χ0n) is 16.6. The Balaban J connectivity index is 1.44. The van der Waals surface area contributed by atoms with E-state index in [1.165, 1.54) is 28.6 Å². The number of amides is 1. The van der Waals surface area contributed by atoms with Crippen molar-refractivity contribution in [3.8, 4) is 0 Å². The number of thiazole rings is 1. The summed E-state index contributed by atoms with van der Waals surface area (Å²) in [5.41, 5.74) is 1.69. The number of carbonyl (C=O) groups is 1. The smallest absolute Gasteiger partial charge is 0.246 e. The number of imidazole rings is 1. The van der Waals surface area contributed by atoms with Crippen LogP contribution in [0.15, 0.2) is 41.4 Å². The first-order chi connectivity index (χ1) is 14.3. The van der Waals surface area contributed by atoms with E-state index >= 15 is 0 Å². The number of nitrogens with zero attached hydrogens (tertiary/aromatic N) is 4. The van der Waals surface area contributed by atoms with E-state index in [4.69, 9.17) is 0 Å². The summed E-state index contributed by atoms with van der Waals surface area (Å²) in [6.45, 7) is 4.63. The molecule has 0 aliphatic carbocycles. The third-order valence-electron chi connectivity index (χ3n) is 5.05. The topological polar surface area (TPSA) is 75.0 Å². The molecule has 1 aromatic carbocycles. The Kier molecular flexibility index (Phi) is 5.48. The van der Waals surface area contributed by atoms with Crippen LogP contribution in [0.3, 0.4) is 0 Å². The molecule has 4 rings (SSSR count). The second kappa shape index (κ2) is 7.93. The van der Waals surface area contributed by atoms with Crippen molar-refractivity contribution in [2.45, 2.75) is 18.7 Å². The van der Waals surface area contributed by atoms with Gasteiger partial charge in [-0.25, -0.2) is 17.8 Å². The van der Waals surface area contributed by atoms with Gasteiger partial charge in [-0.3, -0.25) is 9.20 Å². The molecule has 10 heteroatoms. The first kappa shape index (κ1) is 20.7. The quantitative estimate of drug-likeness (QED) is 0.575. The maximum atomic E-state index is 13.9. The zero-order valence-corrected chi connectivity index (χ0v) is 18.2. The number of fused-ring (bicyclic) bond motifs is 1. The number of aromatic nitrogens is 2. The van der Waals surface area contributed by atoms with Crippen LogP contribution in [0.4, 0.5) is 4.39 Å². The fraction of sp³-hybridized carbons (Fsp3) is 0.300. The normalized spacial score (nSPS) is 16.0. The number of rotatable bonds is 4. The molecule has 0 bridgehead atoms. The summed E-state index contributed by atoms with van der Waals surface area (Å²) >= 11 is 1.58. The van der Waals surface area contributed by atoms with E-state index in [1.807, 2.05) is 24.4 Å². The molecule has 1 aliphatic heterocycles. The predicted molar refractivity (Wildman–Crippen MR) is 113 cm³/mol. The highest BCUT2D eigenvalue weighted by Gasteiger charge is 2.31. The van der Waals surface area contributed by atoms with Crippen molar-refractivity contribution in [2.75, 3.05) is 26.2 Å². The SMILES string of the molecule is Cc1cn2c(/C=C/C(=O)N3CCN(S(=O)(=O)c4ccccc4F)CC3)c(C)nc2s1. The highest BCUT2D eigenvalue weighted by Crippen LogP contribution is 2.22. The van der Waals surface area contributed by atoms with Crippen LogP contribution in [0, 0.1) is 19.7 Å². The summed E-state index contributed by atoms with van der Waals surface area (Å²) in [6.07, 6.45) is 5.22. The number of halogens is 1. The maximum absolute atomic E-state index is 13.9. The van der Waals surface area contributed by atoms with Gasteiger partial charge in [-0.15, -0.1) is 11.3 Å². The molecule has 30 heavy (non-hydrogen) atoms. The van der Waals surface area contributed by atoms with Crippen molar-refractivity contribution in [1.29, 1.82) is 0 Å². The molecule has 0 N–H and O–H groups in total. The number of aryl methyl sites for hydroxylation is 2. The third-order valence-corrected chi connectivity index (χ3v) is 7.88. The van der Waals surface area contributed by atoms with Crippen molar-refractivity contribution in [3.63, 3.8) is 0 Å². The van der Waals surface area contributed by atoms with Crippen molar-refractivity contribution in [2.24, 2.45) is 0 Å². The number of benzene rings is 1. The minimum Gasteiger partial charge on any atom is -0.337 e. The van der Waals surface area contributed by atoms with Crippen molar-refractivity contribution in [3.05, 3.63) is 58.6 Å². The molecule has 1 fully saturated rings. The Morgan fingerprint density at radius 3 is 2.57 bits per heavy atom. The lowest BCUT2D eigenvalue weighted by atomic mass is 10.3. The molecule has 1 amide bonds. The number of carbonyl (C=O) groups excluding carboxylic acids is 1. The van der Waals surface area contributed by atoms with Crippen LogP contribution in [-0.4, -0.2) is 59.1 Å². The fourth-order valence-corrected chi connectivity index (χ4v) is 5.84. The van der Waals surface area contributed by atoms with E-state index in [2.05, 4.69) is 4.98 Å². The van der Waals surface area contributed by atoms with Gasteiger partial charge in [-0.05, 0) is 32.1 Å². The van der Waals surface area contributed by atoms with Gasteiger partial charge in [-0.2, -0.15) is 4.31 Å². The monoisotopic (exact) mass is 448 g/mol. The summed E-state index contributed by atoms with van der Waals surface area (Å²) < 4.78 is 42.5. The lowest BCUT2D eigenvalue weighted by Gasteiger charge is -2.33. The van der Waals surface area contributed by atoms with Crippen LogP contribution in [0.5, 0.6) is 0 Å². The second-order valence-electron chi connectivity index (χ2n) is 7.07. The van der Waals surface area contributed by atoms with Gasteiger partial charge in [0.2, 0.25) is 15.9 Å². The highest BCUT2D eigenvalue weighted by atomic mass is 32.2. The lowest BCUT2D eigenvalue weighted by molar-refractivity contribution is -0.127. The molecule has 1 aliphatic rings. The average molecular weight is 449 g/mol. The van der Waals surface area contributed by atoms with E-state index in [-0.39, 0.29) is 37.0 Å². The third kappa shape index (κ3) is 3.78. The highest BCUT2D eigenvalue weighted by molar-refractivity contribution is 7.89. The van der Waals surface area contributed by atoms with E-state index in [0.29, 0.717) is 0 Å². The average Bonchev–Trinajstić information content (AvgIpc) is 3.21. The van der Waals surface area contributed by atoms with Gasteiger partial charge in [0.15, 0.2) is 4.96 Å². The van der Waals surface area contributed by atoms with Gasteiger partial charge in [0.1, 0.15) is 10.7 Å². The second-order valence-corrected chi connectivity index (χ2v) is 10.2. The molecule has 0 radical (unpaired) electrons. The summed E-state index contributed by atoms with van der Waals surface area (Å²) in [5, 5.41) is 0. The van der Waals surface area contributed by atoms with Gasteiger partial charge < -0.3 is 4.90 Å². The number of hydrogen-bond acceptors (Lipinski definition) is 5. The summed E-state index contributed by atoms with van der Waals surface area (Å²) in [7, 11) is -3.93. The summed E-state index contributed by atoms with van der Waals surface area (Å²) in [6, 6.07) is 5.32. The van der Waals surface area contributed by atoms with Gasteiger partial charge in [0.25, 0.3) is 0 Å². The van der Waals surface area contributed by atoms with Crippen LogP contribution in [0.2, 0.25) is 0 Å².